The molecule has 86 valence electrons. The monoisotopic (exact) mass is 214 g/mol. The van der Waals surface area contributed by atoms with Crippen molar-refractivity contribution in [3.8, 4) is 0 Å². The van der Waals surface area contributed by atoms with Crippen LogP contribution in [-0.4, -0.2) is 36.0 Å². The Morgan fingerprint density at radius 2 is 1.87 bits per heavy atom. The van der Waals surface area contributed by atoms with Gasteiger partial charge < -0.3 is 10.2 Å². The van der Waals surface area contributed by atoms with Gasteiger partial charge in [-0.25, -0.2) is 10.6 Å². The lowest BCUT2D eigenvalue weighted by Gasteiger charge is -2.29. The van der Waals surface area contributed by atoms with E-state index in [0.717, 1.165) is 25.9 Å². The first-order chi connectivity index (χ1) is 7.15. The fourth-order valence-corrected chi connectivity index (χ4v) is 1.69. The van der Waals surface area contributed by atoms with Crippen molar-refractivity contribution in [2.24, 2.45) is 5.84 Å². The summed E-state index contributed by atoms with van der Waals surface area (Å²) in [7, 11) is 0. The lowest BCUT2D eigenvalue weighted by molar-refractivity contribution is -0.133. The van der Waals surface area contributed by atoms with Gasteiger partial charge in [0, 0.05) is 13.1 Å². The molecule has 1 heterocycles. The summed E-state index contributed by atoms with van der Waals surface area (Å²) in [4.78, 5) is 24.5. The average molecular weight is 214 g/mol. The first-order valence-electron chi connectivity index (χ1n) is 5.21. The molecule has 0 radical (unpaired) electrons. The highest BCUT2D eigenvalue weighted by Crippen LogP contribution is 2.09. The van der Waals surface area contributed by atoms with Gasteiger partial charge in [0.25, 0.3) is 0 Å². The number of hydrogen-bond acceptors (Lipinski definition) is 3. The van der Waals surface area contributed by atoms with Gasteiger partial charge in [-0.2, -0.15) is 0 Å². The van der Waals surface area contributed by atoms with Crippen LogP contribution in [0.15, 0.2) is 0 Å². The molecule has 0 aromatic rings. The van der Waals surface area contributed by atoms with Gasteiger partial charge in [-0.05, 0) is 26.2 Å². The number of nitrogens with one attached hydrogen (secondary N) is 2. The highest BCUT2D eigenvalue weighted by Gasteiger charge is 2.22. The van der Waals surface area contributed by atoms with Gasteiger partial charge in [0.05, 0.1) is 0 Å². The molecule has 1 aliphatic heterocycles. The van der Waals surface area contributed by atoms with Gasteiger partial charge in [0.15, 0.2) is 0 Å². The van der Waals surface area contributed by atoms with Crippen LogP contribution in [0.5, 0.6) is 0 Å². The van der Waals surface area contributed by atoms with Crippen molar-refractivity contribution in [2.45, 2.75) is 32.2 Å². The summed E-state index contributed by atoms with van der Waals surface area (Å²) in [5, 5.41) is 2.46. The van der Waals surface area contributed by atoms with Gasteiger partial charge in [0.2, 0.25) is 5.91 Å². The van der Waals surface area contributed by atoms with Crippen LogP contribution in [0.4, 0.5) is 4.79 Å². The SMILES string of the molecule is CC(NC(=O)NN)C(=O)N1CCCCC1. The molecule has 1 aliphatic rings. The Morgan fingerprint density at radius 3 is 2.40 bits per heavy atom. The average Bonchev–Trinajstić information content (AvgIpc) is 2.29. The van der Waals surface area contributed by atoms with Crippen molar-refractivity contribution in [1.82, 2.24) is 15.6 Å². The summed E-state index contributed by atoms with van der Waals surface area (Å²) in [6.07, 6.45) is 3.26. The topological polar surface area (TPSA) is 87.5 Å². The first-order valence-corrected chi connectivity index (χ1v) is 5.21. The minimum Gasteiger partial charge on any atom is -0.341 e. The van der Waals surface area contributed by atoms with Crippen LogP contribution in [-0.2, 0) is 4.79 Å². The second kappa shape index (κ2) is 5.55. The van der Waals surface area contributed by atoms with Gasteiger partial charge in [-0.15, -0.1) is 0 Å². The van der Waals surface area contributed by atoms with E-state index in [2.05, 4.69) is 5.32 Å². The molecule has 6 heteroatoms. The van der Waals surface area contributed by atoms with E-state index in [4.69, 9.17) is 5.84 Å². The molecule has 0 saturated carbocycles. The van der Waals surface area contributed by atoms with E-state index in [1.54, 1.807) is 11.8 Å². The number of amides is 3. The lowest BCUT2D eigenvalue weighted by Crippen LogP contribution is -2.52. The Hall–Kier alpha value is -1.30. The number of nitrogens with two attached hydrogens (primary N) is 1. The number of piperidine rings is 1. The third-order valence-electron chi connectivity index (χ3n) is 2.52. The van der Waals surface area contributed by atoms with Crippen molar-refractivity contribution in [1.29, 1.82) is 0 Å². The summed E-state index contributed by atoms with van der Waals surface area (Å²) >= 11 is 0. The van der Waals surface area contributed by atoms with Crippen LogP contribution < -0.4 is 16.6 Å². The lowest BCUT2D eigenvalue weighted by atomic mass is 10.1. The van der Waals surface area contributed by atoms with Gasteiger partial charge in [0.1, 0.15) is 6.04 Å². The number of hydrogen-bond donors (Lipinski definition) is 3. The molecule has 0 aliphatic carbocycles. The van der Waals surface area contributed by atoms with Crippen LogP contribution in [0.2, 0.25) is 0 Å². The van der Waals surface area contributed by atoms with E-state index in [-0.39, 0.29) is 5.91 Å². The Balaban J connectivity index is 2.40. The number of likely N-dealkylation sites (tertiary alicyclic amines) is 1. The standard InChI is InChI=1S/C9H18N4O2/c1-7(11-9(15)12-10)8(14)13-5-3-2-4-6-13/h7H,2-6,10H2,1H3,(H2,11,12,15). The predicted octanol–water partition coefficient (Wildman–Crippen LogP) is -0.440. The van der Waals surface area contributed by atoms with E-state index < -0.39 is 12.1 Å². The maximum absolute atomic E-state index is 11.8. The highest BCUT2D eigenvalue weighted by molar-refractivity contribution is 5.86. The number of rotatable bonds is 2. The number of nitrogens with zero attached hydrogens (tertiary/aromatic N) is 1. The molecular weight excluding hydrogens is 196 g/mol. The summed E-state index contributed by atoms with van der Waals surface area (Å²) in [6.45, 7) is 3.23. The van der Waals surface area contributed by atoms with Crippen molar-refractivity contribution in [3.63, 3.8) is 0 Å². The highest BCUT2D eigenvalue weighted by atomic mass is 16.2. The van der Waals surface area contributed by atoms with E-state index in [0.29, 0.717) is 0 Å². The predicted molar refractivity (Wildman–Crippen MR) is 55.7 cm³/mol. The van der Waals surface area contributed by atoms with Crippen molar-refractivity contribution < 1.29 is 9.59 Å². The summed E-state index contributed by atoms with van der Waals surface area (Å²) in [5.74, 6) is 4.87. The molecule has 0 spiro atoms. The van der Waals surface area contributed by atoms with E-state index >= 15 is 0 Å². The minimum absolute atomic E-state index is 0.0432. The molecule has 0 aromatic heterocycles. The Labute approximate surface area is 89.1 Å². The molecule has 1 fully saturated rings. The third-order valence-corrected chi connectivity index (χ3v) is 2.52. The maximum atomic E-state index is 11.8. The summed E-state index contributed by atoms with van der Waals surface area (Å²) < 4.78 is 0. The number of hydrazine groups is 1. The van der Waals surface area contributed by atoms with Crippen LogP contribution in [0.25, 0.3) is 0 Å². The second-order valence-corrected chi connectivity index (χ2v) is 3.73. The fraction of sp³-hybridized carbons (Fsp3) is 0.778. The van der Waals surface area contributed by atoms with Crippen molar-refractivity contribution in [2.75, 3.05) is 13.1 Å². The zero-order chi connectivity index (χ0) is 11.3. The van der Waals surface area contributed by atoms with E-state index in [1.807, 2.05) is 5.43 Å². The quantitative estimate of drug-likeness (QED) is 0.331. The maximum Gasteiger partial charge on any atom is 0.329 e. The van der Waals surface area contributed by atoms with E-state index in [9.17, 15) is 9.59 Å². The Bertz CT molecular complexity index is 238. The van der Waals surface area contributed by atoms with Crippen molar-refractivity contribution >= 4 is 11.9 Å². The Morgan fingerprint density at radius 1 is 1.27 bits per heavy atom. The molecule has 1 unspecified atom stereocenters. The van der Waals surface area contributed by atoms with Crippen molar-refractivity contribution in [3.05, 3.63) is 0 Å². The molecule has 1 rings (SSSR count). The van der Waals surface area contributed by atoms with Crippen LogP contribution in [0.1, 0.15) is 26.2 Å². The molecular formula is C9H18N4O2. The second-order valence-electron chi connectivity index (χ2n) is 3.73. The zero-order valence-corrected chi connectivity index (χ0v) is 8.95. The van der Waals surface area contributed by atoms with Gasteiger partial charge in [-0.3, -0.25) is 10.2 Å². The molecule has 3 amide bonds. The number of carbonyl (C=O) groups is 2. The van der Waals surface area contributed by atoms with Crippen LogP contribution in [0, 0.1) is 0 Å². The summed E-state index contributed by atoms with van der Waals surface area (Å²) in [5.41, 5.74) is 1.93. The number of carbonyl (C=O) groups excluding carboxylic acids is 2. The molecule has 6 nitrogen and oxygen atoms in total. The van der Waals surface area contributed by atoms with Crippen LogP contribution >= 0.6 is 0 Å². The molecule has 0 aromatic carbocycles. The Kier molecular flexibility index (Phi) is 4.36. The normalized spacial score (nSPS) is 18.1. The molecule has 4 N–H and O–H groups in total. The molecule has 0 bridgehead atoms. The number of urea groups is 1. The zero-order valence-electron chi connectivity index (χ0n) is 8.95. The molecule has 1 saturated heterocycles. The molecule has 15 heavy (non-hydrogen) atoms. The smallest absolute Gasteiger partial charge is 0.329 e. The van der Waals surface area contributed by atoms with E-state index in [1.165, 1.54) is 6.42 Å². The first kappa shape index (κ1) is 11.8. The third kappa shape index (κ3) is 3.39. The minimum atomic E-state index is -0.534. The summed E-state index contributed by atoms with van der Waals surface area (Å²) in [6, 6.07) is -1.06. The fourth-order valence-electron chi connectivity index (χ4n) is 1.69. The van der Waals surface area contributed by atoms with Crippen LogP contribution in [0.3, 0.4) is 0 Å². The van der Waals surface area contributed by atoms with Gasteiger partial charge in [-0.1, -0.05) is 0 Å². The molecule has 1 atom stereocenters. The largest absolute Gasteiger partial charge is 0.341 e. The van der Waals surface area contributed by atoms with Gasteiger partial charge >= 0.3 is 6.03 Å².